The zero-order valence-electron chi connectivity index (χ0n) is 16.5. The number of rotatable bonds is 5. The van der Waals surface area contributed by atoms with Gasteiger partial charge < -0.3 is 15.1 Å². The van der Waals surface area contributed by atoms with Crippen LogP contribution in [-0.4, -0.2) is 24.0 Å². The molecule has 0 saturated heterocycles. The SMILES string of the molecule is CN=C(NCc1ncc(C(C)(C)C)o1)NC(C)C(C)c1ccccc1.I. The monoisotopic (exact) mass is 470 g/mol. The molecule has 1 aromatic heterocycles. The summed E-state index contributed by atoms with van der Waals surface area (Å²) in [7, 11) is 1.77. The smallest absolute Gasteiger partial charge is 0.213 e. The maximum absolute atomic E-state index is 5.81. The molecule has 2 N–H and O–H groups in total. The zero-order chi connectivity index (χ0) is 18.4. The molecule has 0 fully saturated rings. The number of benzene rings is 1. The van der Waals surface area contributed by atoms with Crippen LogP contribution in [-0.2, 0) is 12.0 Å². The van der Waals surface area contributed by atoms with E-state index < -0.39 is 0 Å². The molecule has 0 aliphatic heterocycles. The van der Waals surface area contributed by atoms with Crippen LogP contribution in [0, 0.1) is 0 Å². The highest BCUT2D eigenvalue weighted by molar-refractivity contribution is 14.0. The molecule has 2 aromatic rings. The van der Waals surface area contributed by atoms with Crippen LogP contribution in [0.5, 0.6) is 0 Å². The average Bonchev–Trinajstić information content (AvgIpc) is 3.08. The molecule has 26 heavy (non-hydrogen) atoms. The molecule has 1 heterocycles. The standard InChI is InChI=1S/C20H30N4O.HI/c1-14(16-10-8-7-9-11-16)15(2)24-19(21-6)23-13-18-22-12-17(25-18)20(3,4)5;/h7-12,14-15H,13H2,1-6H3,(H2,21,23,24);1H. The molecule has 0 radical (unpaired) electrons. The molecule has 0 bridgehead atoms. The van der Waals surface area contributed by atoms with Crippen LogP contribution < -0.4 is 10.6 Å². The summed E-state index contributed by atoms with van der Waals surface area (Å²) in [5, 5.41) is 6.71. The molecule has 0 amide bonds. The fourth-order valence-corrected chi connectivity index (χ4v) is 2.48. The molecule has 6 heteroatoms. The largest absolute Gasteiger partial charge is 0.443 e. The fourth-order valence-electron chi connectivity index (χ4n) is 2.48. The van der Waals surface area contributed by atoms with Gasteiger partial charge in [0.25, 0.3) is 0 Å². The first kappa shape index (κ1) is 22.5. The Morgan fingerprint density at radius 1 is 1.19 bits per heavy atom. The first-order valence-corrected chi connectivity index (χ1v) is 8.78. The van der Waals surface area contributed by atoms with Gasteiger partial charge in [-0.3, -0.25) is 4.99 Å². The normalized spacial score (nSPS) is 14.3. The zero-order valence-corrected chi connectivity index (χ0v) is 18.9. The van der Waals surface area contributed by atoms with Gasteiger partial charge in [0.2, 0.25) is 5.89 Å². The summed E-state index contributed by atoms with van der Waals surface area (Å²) in [6.45, 7) is 11.2. The quantitative estimate of drug-likeness (QED) is 0.385. The lowest BCUT2D eigenvalue weighted by Gasteiger charge is -2.23. The number of aliphatic imine (C=N–C) groups is 1. The predicted molar refractivity (Wildman–Crippen MR) is 118 cm³/mol. The van der Waals surface area contributed by atoms with E-state index in [9.17, 15) is 0 Å². The lowest BCUT2D eigenvalue weighted by Crippen LogP contribution is -2.43. The topological polar surface area (TPSA) is 62.5 Å². The predicted octanol–water partition coefficient (Wildman–Crippen LogP) is 4.45. The highest BCUT2D eigenvalue weighted by Gasteiger charge is 2.19. The summed E-state index contributed by atoms with van der Waals surface area (Å²) in [5.74, 6) is 2.66. The number of nitrogens with zero attached hydrogens (tertiary/aromatic N) is 2. The third kappa shape index (κ3) is 6.30. The number of halogens is 1. The second kappa shape index (κ2) is 9.94. The summed E-state index contributed by atoms with van der Waals surface area (Å²) in [6, 6.07) is 10.7. The Morgan fingerprint density at radius 2 is 1.85 bits per heavy atom. The van der Waals surface area contributed by atoms with Crippen LogP contribution in [0.4, 0.5) is 0 Å². The number of hydrogen-bond donors (Lipinski definition) is 2. The lowest BCUT2D eigenvalue weighted by atomic mass is 9.94. The van der Waals surface area contributed by atoms with Crippen LogP contribution in [0.1, 0.15) is 57.8 Å². The van der Waals surface area contributed by atoms with Crippen molar-refractivity contribution in [2.75, 3.05) is 7.05 Å². The van der Waals surface area contributed by atoms with Crippen molar-refractivity contribution in [2.45, 2.75) is 58.5 Å². The Labute approximate surface area is 174 Å². The van der Waals surface area contributed by atoms with Crippen LogP contribution in [0.3, 0.4) is 0 Å². The molecule has 2 unspecified atom stereocenters. The van der Waals surface area contributed by atoms with Gasteiger partial charge >= 0.3 is 0 Å². The third-order valence-electron chi connectivity index (χ3n) is 4.36. The van der Waals surface area contributed by atoms with Gasteiger partial charge in [-0.1, -0.05) is 58.0 Å². The molecular weight excluding hydrogens is 439 g/mol. The lowest BCUT2D eigenvalue weighted by molar-refractivity contribution is 0.379. The second-order valence-electron chi connectivity index (χ2n) is 7.43. The van der Waals surface area contributed by atoms with Crippen LogP contribution in [0.2, 0.25) is 0 Å². The van der Waals surface area contributed by atoms with Crippen molar-refractivity contribution < 1.29 is 4.42 Å². The summed E-state index contributed by atoms with van der Waals surface area (Å²) in [6.07, 6.45) is 1.80. The molecule has 2 rings (SSSR count). The van der Waals surface area contributed by atoms with Crippen molar-refractivity contribution in [1.82, 2.24) is 15.6 Å². The van der Waals surface area contributed by atoms with Gasteiger partial charge in [-0.25, -0.2) is 4.98 Å². The summed E-state index contributed by atoms with van der Waals surface area (Å²) in [4.78, 5) is 8.64. The van der Waals surface area contributed by atoms with E-state index in [1.165, 1.54) is 5.56 Å². The Morgan fingerprint density at radius 3 is 2.38 bits per heavy atom. The molecule has 5 nitrogen and oxygen atoms in total. The highest BCUT2D eigenvalue weighted by Crippen LogP contribution is 2.22. The Hall–Kier alpha value is -1.57. The minimum absolute atomic E-state index is 0. The fraction of sp³-hybridized carbons (Fsp3) is 0.500. The van der Waals surface area contributed by atoms with E-state index in [0.29, 0.717) is 18.4 Å². The second-order valence-corrected chi connectivity index (χ2v) is 7.43. The van der Waals surface area contributed by atoms with Gasteiger partial charge in [-0.2, -0.15) is 0 Å². The summed E-state index contributed by atoms with van der Waals surface area (Å²) >= 11 is 0. The molecular formula is C20H31IN4O. The van der Waals surface area contributed by atoms with Gasteiger partial charge in [0.1, 0.15) is 5.76 Å². The minimum atomic E-state index is -0.0369. The van der Waals surface area contributed by atoms with Gasteiger partial charge in [-0.05, 0) is 12.5 Å². The summed E-state index contributed by atoms with van der Waals surface area (Å²) < 4.78 is 5.81. The average molecular weight is 470 g/mol. The summed E-state index contributed by atoms with van der Waals surface area (Å²) in [5.41, 5.74) is 1.27. The van der Waals surface area contributed by atoms with Crippen molar-refractivity contribution >= 4 is 29.9 Å². The van der Waals surface area contributed by atoms with E-state index >= 15 is 0 Å². The van der Waals surface area contributed by atoms with E-state index in [1.807, 2.05) is 6.07 Å². The first-order chi connectivity index (χ1) is 11.8. The van der Waals surface area contributed by atoms with Crippen molar-refractivity contribution in [3.05, 3.63) is 53.7 Å². The highest BCUT2D eigenvalue weighted by atomic mass is 127. The first-order valence-electron chi connectivity index (χ1n) is 8.78. The molecule has 0 aliphatic rings. The van der Waals surface area contributed by atoms with Gasteiger partial charge in [0.15, 0.2) is 5.96 Å². The number of aromatic nitrogens is 1. The number of guanidine groups is 1. The van der Waals surface area contributed by atoms with Crippen molar-refractivity contribution in [2.24, 2.45) is 4.99 Å². The molecule has 0 saturated carbocycles. The molecule has 0 spiro atoms. The minimum Gasteiger partial charge on any atom is -0.443 e. The molecule has 2 atom stereocenters. The molecule has 0 aliphatic carbocycles. The Balaban J connectivity index is 0.00000338. The maximum Gasteiger partial charge on any atom is 0.213 e. The molecule has 144 valence electrons. The van der Waals surface area contributed by atoms with Crippen LogP contribution in [0.15, 0.2) is 45.9 Å². The van der Waals surface area contributed by atoms with Gasteiger partial charge in [-0.15, -0.1) is 24.0 Å². The van der Waals surface area contributed by atoms with E-state index in [4.69, 9.17) is 4.42 Å². The van der Waals surface area contributed by atoms with Gasteiger partial charge in [0, 0.05) is 24.4 Å². The van der Waals surface area contributed by atoms with Crippen molar-refractivity contribution in [1.29, 1.82) is 0 Å². The van der Waals surface area contributed by atoms with E-state index in [2.05, 4.69) is 79.5 Å². The Kier molecular flexibility index (Phi) is 8.59. The van der Waals surface area contributed by atoms with Crippen LogP contribution in [0.25, 0.3) is 0 Å². The Bertz CT molecular complexity index is 691. The van der Waals surface area contributed by atoms with E-state index in [-0.39, 0.29) is 35.4 Å². The number of hydrogen-bond acceptors (Lipinski definition) is 3. The van der Waals surface area contributed by atoms with E-state index in [0.717, 1.165) is 11.7 Å². The molecule has 1 aromatic carbocycles. The third-order valence-corrected chi connectivity index (χ3v) is 4.36. The van der Waals surface area contributed by atoms with Crippen molar-refractivity contribution in [3.63, 3.8) is 0 Å². The number of nitrogens with one attached hydrogen (secondary N) is 2. The maximum atomic E-state index is 5.81. The number of oxazole rings is 1. The van der Waals surface area contributed by atoms with Crippen LogP contribution >= 0.6 is 24.0 Å². The van der Waals surface area contributed by atoms with Gasteiger partial charge in [0.05, 0.1) is 12.7 Å². The van der Waals surface area contributed by atoms with Crippen molar-refractivity contribution in [3.8, 4) is 0 Å². The van der Waals surface area contributed by atoms with E-state index in [1.54, 1.807) is 13.2 Å².